The first kappa shape index (κ1) is 15.2. The normalized spacial score (nSPS) is 23.4. The van der Waals surface area contributed by atoms with Crippen molar-refractivity contribution in [2.75, 3.05) is 13.7 Å². The lowest BCUT2D eigenvalue weighted by Crippen LogP contribution is -2.53. The molecule has 116 valence electrons. The summed E-state index contributed by atoms with van der Waals surface area (Å²) < 4.78 is 5.57. The zero-order chi connectivity index (χ0) is 14.9. The van der Waals surface area contributed by atoms with Gasteiger partial charge in [0.1, 0.15) is 5.75 Å². The molecule has 2 saturated carbocycles. The van der Waals surface area contributed by atoms with Crippen LogP contribution in [0.5, 0.6) is 5.75 Å². The summed E-state index contributed by atoms with van der Waals surface area (Å²) in [6, 6.07) is 5.94. The standard InChI is InChI=1S/C18H26ClNO/c1-21-16-7-6-14(19)10-15(16)18(13-20)11-17(12-18)8-4-2-3-5-9-17/h6-7,10H,2-5,8-9,11-13,20H2,1H3. The first-order valence-electron chi connectivity index (χ1n) is 8.17. The Morgan fingerprint density at radius 3 is 2.38 bits per heavy atom. The molecule has 0 aromatic heterocycles. The first-order valence-corrected chi connectivity index (χ1v) is 8.55. The van der Waals surface area contributed by atoms with Crippen molar-refractivity contribution in [1.29, 1.82) is 0 Å². The SMILES string of the molecule is COc1ccc(Cl)cc1C1(CN)CC2(CCCCCC2)C1. The number of hydrogen-bond donors (Lipinski definition) is 1. The van der Waals surface area contributed by atoms with Gasteiger partial charge in [-0.3, -0.25) is 0 Å². The van der Waals surface area contributed by atoms with Crippen molar-refractivity contribution >= 4 is 11.6 Å². The fourth-order valence-corrected chi connectivity index (χ4v) is 4.93. The fraction of sp³-hybridized carbons (Fsp3) is 0.667. The Hall–Kier alpha value is -0.730. The van der Waals surface area contributed by atoms with Crippen LogP contribution in [0.3, 0.4) is 0 Å². The van der Waals surface area contributed by atoms with Gasteiger partial charge in [-0.05, 0) is 49.3 Å². The molecule has 0 saturated heterocycles. The number of rotatable bonds is 3. The summed E-state index contributed by atoms with van der Waals surface area (Å²) in [6.07, 6.45) is 10.7. The molecule has 0 aliphatic heterocycles. The molecule has 1 aromatic rings. The van der Waals surface area contributed by atoms with Gasteiger partial charge in [0.2, 0.25) is 0 Å². The lowest BCUT2D eigenvalue weighted by atomic mass is 9.48. The van der Waals surface area contributed by atoms with Crippen LogP contribution < -0.4 is 10.5 Å². The Balaban J connectivity index is 1.88. The van der Waals surface area contributed by atoms with E-state index in [1.54, 1.807) is 7.11 Å². The van der Waals surface area contributed by atoms with Crippen LogP contribution >= 0.6 is 11.6 Å². The highest BCUT2D eigenvalue weighted by Crippen LogP contribution is 2.62. The van der Waals surface area contributed by atoms with Crippen molar-refractivity contribution < 1.29 is 4.74 Å². The lowest BCUT2D eigenvalue weighted by molar-refractivity contribution is 0.00998. The molecule has 2 nitrogen and oxygen atoms in total. The highest BCUT2D eigenvalue weighted by atomic mass is 35.5. The van der Waals surface area contributed by atoms with E-state index in [0.717, 1.165) is 10.8 Å². The van der Waals surface area contributed by atoms with Crippen molar-refractivity contribution in [2.45, 2.75) is 56.8 Å². The largest absolute Gasteiger partial charge is 0.496 e. The topological polar surface area (TPSA) is 35.2 Å². The van der Waals surface area contributed by atoms with Crippen molar-refractivity contribution in [3.05, 3.63) is 28.8 Å². The van der Waals surface area contributed by atoms with E-state index in [1.807, 2.05) is 12.1 Å². The van der Waals surface area contributed by atoms with E-state index in [0.29, 0.717) is 12.0 Å². The summed E-state index contributed by atoms with van der Waals surface area (Å²) in [7, 11) is 1.73. The van der Waals surface area contributed by atoms with Crippen molar-refractivity contribution in [3.8, 4) is 5.75 Å². The second-order valence-corrected chi connectivity index (χ2v) is 7.53. The molecule has 2 fully saturated rings. The van der Waals surface area contributed by atoms with E-state index >= 15 is 0 Å². The molecule has 0 amide bonds. The van der Waals surface area contributed by atoms with E-state index in [9.17, 15) is 0 Å². The molecule has 0 atom stereocenters. The van der Waals surface area contributed by atoms with E-state index in [-0.39, 0.29) is 5.41 Å². The molecule has 1 spiro atoms. The Labute approximate surface area is 133 Å². The first-order chi connectivity index (χ1) is 10.1. The third kappa shape index (κ3) is 2.68. The molecule has 0 unspecified atom stereocenters. The molecule has 2 aliphatic carbocycles. The molecule has 0 heterocycles. The average Bonchev–Trinajstić information content (AvgIpc) is 2.71. The summed E-state index contributed by atoms with van der Waals surface area (Å²) in [6.45, 7) is 0.686. The van der Waals surface area contributed by atoms with Crippen LogP contribution in [0.2, 0.25) is 5.02 Å². The lowest BCUT2D eigenvalue weighted by Gasteiger charge is -2.57. The third-order valence-electron chi connectivity index (χ3n) is 5.71. The highest BCUT2D eigenvalue weighted by molar-refractivity contribution is 6.30. The maximum Gasteiger partial charge on any atom is 0.122 e. The van der Waals surface area contributed by atoms with Gasteiger partial charge in [0.15, 0.2) is 0 Å². The van der Waals surface area contributed by atoms with Gasteiger partial charge in [-0.1, -0.05) is 37.3 Å². The van der Waals surface area contributed by atoms with Gasteiger partial charge in [-0.15, -0.1) is 0 Å². The van der Waals surface area contributed by atoms with Crippen LogP contribution in [0.15, 0.2) is 18.2 Å². The van der Waals surface area contributed by atoms with Crippen LogP contribution in [0, 0.1) is 5.41 Å². The monoisotopic (exact) mass is 307 g/mol. The van der Waals surface area contributed by atoms with Crippen LogP contribution in [0.4, 0.5) is 0 Å². The maximum absolute atomic E-state index is 6.22. The maximum atomic E-state index is 6.22. The van der Waals surface area contributed by atoms with Gasteiger partial charge in [0, 0.05) is 22.5 Å². The number of hydrogen-bond acceptors (Lipinski definition) is 2. The second kappa shape index (κ2) is 5.81. The van der Waals surface area contributed by atoms with E-state index in [4.69, 9.17) is 22.1 Å². The average molecular weight is 308 g/mol. The molecular weight excluding hydrogens is 282 g/mol. The van der Waals surface area contributed by atoms with Crippen LogP contribution in [-0.4, -0.2) is 13.7 Å². The Morgan fingerprint density at radius 1 is 1.14 bits per heavy atom. The van der Waals surface area contributed by atoms with Crippen LogP contribution in [0.25, 0.3) is 0 Å². The third-order valence-corrected chi connectivity index (χ3v) is 5.95. The zero-order valence-corrected chi connectivity index (χ0v) is 13.7. The van der Waals surface area contributed by atoms with Gasteiger partial charge in [0.05, 0.1) is 7.11 Å². The molecule has 0 bridgehead atoms. The quantitative estimate of drug-likeness (QED) is 0.880. The van der Waals surface area contributed by atoms with E-state index in [1.165, 1.54) is 56.9 Å². The molecular formula is C18H26ClNO. The molecule has 21 heavy (non-hydrogen) atoms. The predicted octanol–water partition coefficient (Wildman–Crippen LogP) is 4.68. The Bertz CT molecular complexity index is 498. The van der Waals surface area contributed by atoms with Gasteiger partial charge < -0.3 is 10.5 Å². The summed E-state index contributed by atoms with van der Waals surface area (Å²) in [5.74, 6) is 0.938. The number of ether oxygens (including phenoxy) is 1. The fourth-order valence-electron chi connectivity index (χ4n) is 4.76. The number of methoxy groups -OCH3 is 1. The van der Waals surface area contributed by atoms with Gasteiger partial charge in [-0.25, -0.2) is 0 Å². The number of halogens is 1. The molecule has 2 N–H and O–H groups in total. The number of nitrogens with two attached hydrogens (primary N) is 1. The van der Waals surface area contributed by atoms with Gasteiger partial charge >= 0.3 is 0 Å². The van der Waals surface area contributed by atoms with Crippen LogP contribution in [0.1, 0.15) is 56.9 Å². The molecule has 3 rings (SSSR count). The molecule has 1 aromatic carbocycles. The van der Waals surface area contributed by atoms with Crippen LogP contribution in [-0.2, 0) is 5.41 Å². The van der Waals surface area contributed by atoms with Crippen molar-refractivity contribution in [2.24, 2.45) is 11.1 Å². The van der Waals surface area contributed by atoms with Crippen molar-refractivity contribution in [1.82, 2.24) is 0 Å². The minimum absolute atomic E-state index is 0.0700. The Morgan fingerprint density at radius 2 is 1.81 bits per heavy atom. The molecule has 0 radical (unpaired) electrons. The molecule has 2 aliphatic rings. The van der Waals surface area contributed by atoms with E-state index < -0.39 is 0 Å². The Kier molecular flexibility index (Phi) is 4.20. The van der Waals surface area contributed by atoms with Gasteiger partial charge in [-0.2, -0.15) is 0 Å². The summed E-state index contributed by atoms with van der Waals surface area (Å²) in [4.78, 5) is 0. The second-order valence-electron chi connectivity index (χ2n) is 7.10. The summed E-state index contributed by atoms with van der Waals surface area (Å²) in [5, 5.41) is 0.778. The van der Waals surface area contributed by atoms with E-state index in [2.05, 4.69) is 6.07 Å². The zero-order valence-electron chi connectivity index (χ0n) is 13.0. The minimum Gasteiger partial charge on any atom is -0.496 e. The molecule has 3 heteroatoms. The van der Waals surface area contributed by atoms with Crippen molar-refractivity contribution in [3.63, 3.8) is 0 Å². The minimum atomic E-state index is 0.0700. The number of benzene rings is 1. The predicted molar refractivity (Wildman–Crippen MR) is 88.1 cm³/mol. The smallest absolute Gasteiger partial charge is 0.122 e. The van der Waals surface area contributed by atoms with Gasteiger partial charge in [0.25, 0.3) is 0 Å². The summed E-state index contributed by atoms with van der Waals surface area (Å²) >= 11 is 6.22. The summed E-state index contributed by atoms with van der Waals surface area (Å²) in [5.41, 5.74) is 8.02. The highest BCUT2D eigenvalue weighted by Gasteiger charge is 2.54.